The zero-order chi connectivity index (χ0) is 7.86. The Kier molecular flexibility index (Phi) is 58.8. The predicted octanol–water partition coefficient (Wildman–Crippen LogP) is -12.5. The van der Waals surface area contributed by atoms with E-state index in [4.69, 9.17) is 24.9 Å². The van der Waals surface area contributed by atoms with Crippen molar-refractivity contribution in [3.63, 3.8) is 0 Å². The van der Waals surface area contributed by atoms with Gasteiger partial charge in [-0.25, -0.2) is 0 Å². The molecule has 0 aromatic heterocycles. The average Bonchev–Trinajstić information content (AvgIpc) is 1.65. The van der Waals surface area contributed by atoms with Crippen LogP contribution in [0.3, 0.4) is 0 Å². The van der Waals surface area contributed by atoms with Crippen LogP contribution in [0.25, 0.3) is 0 Å². The van der Waals surface area contributed by atoms with Gasteiger partial charge in [0.2, 0.25) is 0 Å². The fourth-order valence-electron chi connectivity index (χ4n) is 0. The summed E-state index contributed by atoms with van der Waals surface area (Å²) in [5.41, 5.74) is 0. The molecule has 0 aliphatic carbocycles. The Morgan fingerprint density at radius 3 is 1.08 bits per heavy atom. The Labute approximate surface area is 198 Å². The van der Waals surface area contributed by atoms with Crippen LogP contribution in [0.2, 0.25) is 0 Å². The number of aliphatic carboxylic acids is 1. The summed E-state index contributed by atoms with van der Waals surface area (Å²) in [6, 6.07) is 0. The second-order valence-electron chi connectivity index (χ2n) is 0.773. The van der Waals surface area contributed by atoms with Crippen LogP contribution in [-0.2, 0) is 4.79 Å². The van der Waals surface area contributed by atoms with Gasteiger partial charge in [0.15, 0.2) is 0 Å². The maximum Gasteiger partial charge on any atom is 1.00 e. The number of carboxylic acids is 1. The molecular weight excluding hydrogens is 245 g/mol. The molecule has 12 heavy (non-hydrogen) atoms. The zero-order valence-corrected chi connectivity index (χ0v) is 16.7. The fourth-order valence-corrected chi connectivity index (χ4v) is 0. The van der Waals surface area contributed by atoms with Crippen LogP contribution < -0.4 is 169 Å². The summed E-state index contributed by atoms with van der Waals surface area (Å²) in [4.78, 5) is 17.5. The molecule has 0 N–H and O–H groups in total. The van der Waals surface area contributed by atoms with Crippen molar-refractivity contribution >= 4 is 12.1 Å². The van der Waals surface area contributed by atoms with Gasteiger partial charge in [0, 0.05) is 0 Å². The van der Waals surface area contributed by atoms with Gasteiger partial charge in [0.1, 0.15) is 0 Å². The van der Waals surface area contributed by atoms with E-state index in [0.717, 1.165) is 6.08 Å². The first-order chi connectivity index (χ1) is 4.00. The van der Waals surface area contributed by atoms with E-state index >= 15 is 0 Å². The molecule has 0 fully saturated rings. The van der Waals surface area contributed by atoms with Crippen LogP contribution in [0.1, 0.15) is 0 Å². The maximum atomic E-state index is 9.14. The summed E-state index contributed by atoms with van der Waals surface area (Å²) < 4.78 is 0. The van der Waals surface area contributed by atoms with Gasteiger partial charge in [-0.15, -0.1) is 0 Å². The van der Waals surface area contributed by atoms with Crippen LogP contribution in [-0.4, -0.2) is 12.1 Å². The standard InChI is InChI=1S/C3H4O2.CH2O3.3K/c1-2-3(4)5;2-1(3)4;;;/h2H,1H2,(H,4,5);(H2,2,3,4);;;/q;;3*+1/p-3. The molecule has 0 aliphatic heterocycles. The Morgan fingerprint density at radius 1 is 1.00 bits per heavy atom. The molecule has 0 spiro atoms. The SMILES string of the molecule is C=CC(=O)[O-].O=C([O-])[O-].[K+].[K+].[K+]. The van der Waals surface area contributed by atoms with Gasteiger partial charge in [0.25, 0.3) is 0 Å². The molecule has 0 bridgehead atoms. The van der Waals surface area contributed by atoms with Crippen LogP contribution in [0.5, 0.6) is 0 Å². The summed E-state index contributed by atoms with van der Waals surface area (Å²) in [5, 5.41) is 25.8. The first kappa shape index (κ1) is 29.5. The van der Waals surface area contributed by atoms with E-state index in [2.05, 4.69) is 6.58 Å². The van der Waals surface area contributed by atoms with Crippen molar-refractivity contribution in [2.24, 2.45) is 0 Å². The fraction of sp³-hybridized carbons (Fsp3) is 0. The smallest absolute Gasteiger partial charge is 0.652 e. The normalized spacial score (nSPS) is 4.67. The van der Waals surface area contributed by atoms with E-state index in [1.54, 1.807) is 0 Å². The Morgan fingerprint density at radius 2 is 1.08 bits per heavy atom. The molecule has 0 rings (SSSR count). The first-order valence-electron chi connectivity index (χ1n) is 1.72. The van der Waals surface area contributed by atoms with Crippen molar-refractivity contribution in [1.29, 1.82) is 0 Å². The van der Waals surface area contributed by atoms with Gasteiger partial charge in [-0.05, 0) is 12.2 Å². The molecule has 0 radical (unpaired) electrons. The van der Waals surface area contributed by atoms with Gasteiger partial charge in [0.05, 0.1) is 5.97 Å². The summed E-state index contributed by atoms with van der Waals surface area (Å²) in [5.74, 6) is -1.23. The number of hydrogen-bond donors (Lipinski definition) is 0. The maximum absolute atomic E-state index is 9.14. The quantitative estimate of drug-likeness (QED) is 0.338. The summed E-state index contributed by atoms with van der Waals surface area (Å²) in [6.45, 7) is 2.90. The Balaban J connectivity index is -0.0000000221. The number of rotatable bonds is 1. The van der Waals surface area contributed by atoms with Gasteiger partial charge in [-0.3, -0.25) is 0 Å². The average molecular weight is 248 g/mol. The third kappa shape index (κ3) is 70.8. The van der Waals surface area contributed by atoms with Gasteiger partial charge >= 0.3 is 154 Å². The van der Waals surface area contributed by atoms with Crippen molar-refractivity contribution in [3.8, 4) is 0 Å². The molecule has 52 valence electrons. The molecular formula is C4H3K3O5. The first-order valence-corrected chi connectivity index (χ1v) is 1.72. The molecule has 0 aliphatic rings. The minimum Gasteiger partial charge on any atom is -0.652 e. The van der Waals surface area contributed by atoms with Gasteiger partial charge in [-0.1, -0.05) is 6.58 Å². The number of carboxylic acid groups (broad SMARTS) is 3. The Bertz CT molecular complexity index is 122. The Hall–Kier alpha value is 3.39. The minimum atomic E-state index is -2.33. The molecule has 0 heterocycles. The zero-order valence-electron chi connectivity index (χ0n) is 7.33. The minimum absolute atomic E-state index is 0. The number of hydrogen-bond acceptors (Lipinski definition) is 5. The van der Waals surface area contributed by atoms with Crippen molar-refractivity contribution in [2.75, 3.05) is 0 Å². The van der Waals surface area contributed by atoms with Crippen LogP contribution in [0.15, 0.2) is 12.7 Å². The summed E-state index contributed by atoms with van der Waals surface area (Å²) >= 11 is 0. The van der Waals surface area contributed by atoms with Crippen LogP contribution in [0, 0.1) is 0 Å². The van der Waals surface area contributed by atoms with E-state index in [9.17, 15) is 0 Å². The molecule has 0 aromatic carbocycles. The van der Waals surface area contributed by atoms with E-state index in [1.165, 1.54) is 0 Å². The number of carbonyl (C=O) groups excluding carboxylic acids is 2. The van der Waals surface area contributed by atoms with Gasteiger partial charge in [-0.2, -0.15) is 0 Å². The third-order valence-corrected chi connectivity index (χ3v) is 0.167. The molecule has 0 saturated carbocycles. The number of carbonyl (C=O) groups is 2. The van der Waals surface area contributed by atoms with Gasteiger partial charge < -0.3 is 24.9 Å². The van der Waals surface area contributed by atoms with Crippen LogP contribution >= 0.6 is 0 Å². The third-order valence-electron chi connectivity index (χ3n) is 0.167. The predicted molar refractivity (Wildman–Crippen MR) is 20.6 cm³/mol. The van der Waals surface area contributed by atoms with E-state index in [0.29, 0.717) is 0 Å². The van der Waals surface area contributed by atoms with Crippen molar-refractivity contribution < 1.29 is 179 Å². The summed E-state index contributed by atoms with van der Waals surface area (Å²) in [6.07, 6.45) is -1.61. The molecule has 0 unspecified atom stereocenters. The second kappa shape index (κ2) is 23.9. The van der Waals surface area contributed by atoms with Crippen LogP contribution in [0.4, 0.5) is 4.79 Å². The van der Waals surface area contributed by atoms with Crippen molar-refractivity contribution in [1.82, 2.24) is 0 Å². The summed E-state index contributed by atoms with van der Waals surface area (Å²) in [7, 11) is 0. The monoisotopic (exact) mass is 248 g/mol. The second-order valence-corrected chi connectivity index (χ2v) is 0.773. The molecule has 0 atom stereocenters. The topological polar surface area (TPSA) is 103 Å². The van der Waals surface area contributed by atoms with Crippen molar-refractivity contribution in [3.05, 3.63) is 12.7 Å². The van der Waals surface area contributed by atoms with Crippen molar-refractivity contribution in [2.45, 2.75) is 0 Å². The molecule has 0 aromatic rings. The van der Waals surface area contributed by atoms with E-state index in [-0.39, 0.29) is 154 Å². The molecule has 8 heteroatoms. The van der Waals surface area contributed by atoms with E-state index in [1.807, 2.05) is 0 Å². The molecule has 5 nitrogen and oxygen atoms in total. The van der Waals surface area contributed by atoms with E-state index < -0.39 is 12.1 Å². The largest absolute Gasteiger partial charge is 1.00 e. The molecule has 0 saturated heterocycles. The molecule has 0 amide bonds.